The molecule has 3 heteroatoms. The molecule has 248 valence electrons. The van der Waals surface area contributed by atoms with Crippen molar-refractivity contribution in [2.24, 2.45) is 0 Å². The lowest BCUT2D eigenvalue weighted by Gasteiger charge is -2.26. The van der Waals surface area contributed by atoms with Crippen LogP contribution in [0.5, 0.6) is 0 Å². The van der Waals surface area contributed by atoms with Gasteiger partial charge >= 0.3 is 0 Å². The van der Waals surface area contributed by atoms with E-state index in [4.69, 9.17) is 0 Å². The second kappa shape index (κ2) is 11.9. The third-order valence-electron chi connectivity index (χ3n) is 10.8. The molecule has 0 aliphatic carbocycles. The summed E-state index contributed by atoms with van der Waals surface area (Å²) in [6.07, 6.45) is 0. The molecule has 11 rings (SSSR count). The maximum Gasteiger partial charge on any atom is 0.0640 e. The lowest BCUT2D eigenvalue weighted by Crippen LogP contribution is -2.10. The fourth-order valence-corrected chi connectivity index (χ4v) is 9.48. The number of thiophene rings is 1. The number of hydrogen-bond acceptors (Lipinski definition) is 2. The summed E-state index contributed by atoms with van der Waals surface area (Å²) in [6, 6.07) is 71.0. The molecule has 0 radical (unpaired) electrons. The zero-order valence-corrected chi connectivity index (χ0v) is 29.6. The van der Waals surface area contributed by atoms with Gasteiger partial charge in [0.2, 0.25) is 0 Å². The molecule has 0 unspecified atom stereocenters. The lowest BCUT2D eigenvalue weighted by molar-refractivity contribution is 1.20. The van der Waals surface area contributed by atoms with E-state index in [1.807, 2.05) is 11.3 Å². The average Bonchev–Trinajstić information content (AvgIpc) is 3.77. The van der Waals surface area contributed by atoms with E-state index in [1.165, 1.54) is 86.0 Å². The van der Waals surface area contributed by atoms with Gasteiger partial charge in [0, 0.05) is 43.0 Å². The fraction of sp³-hybridized carbons (Fsp3) is 0. The molecule has 0 saturated carbocycles. The molecule has 0 aliphatic rings. The van der Waals surface area contributed by atoms with Crippen LogP contribution in [0.4, 0.5) is 17.1 Å². The number of nitrogens with zero attached hydrogens (tertiary/aromatic N) is 2. The number of anilines is 3. The predicted molar refractivity (Wildman–Crippen MR) is 229 cm³/mol. The Bertz CT molecular complexity index is 3180. The van der Waals surface area contributed by atoms with Gasteiger partial charge in [-0.25, -0.2) is 0 Å². The summed E-state index contributed by atoms with van der Waals surface area (Å²) in [4.78, 5) is 2.43. The Morgan fingerprint density at radius 1 is 0.377 bits per heavy atom. The second-order valence-electron chi connectivity index (χ2n) is 13.7. The van der Waals surface area contributed by atoms with E-state index in [1.54, 1.807) is 0 Å². The lowest BCUT2D eigenvalue weighted by atomic mass is 10.0. The summed E-state index contributed by atoms with van der Waals surface area (Å²) in [5.74, 6) is 0. The minimum atomic E-state index is 1.13. The number of aromatic nitrogens is 1. The molecular formula is C50H32N2S. The van der Waals surface area contributed by atoms with Crippen LogP contribution in [-0.2, 0) is 0 Å². The zero-order valence-electron chi connectivity index (χ0n) is 28.8. The number of benzene rings is 9. The molecule has 53 heavy (non-hydrogen) atoms. The van der Waals surface area contributed by atoms with Gasteiger partial charge in [0.25, 0.3) is 0 Å². The first kappa shape index (κ1) is 30.0. The average molecular weight is 693 g/mol. The van der Waals surface area contributed by atoms with E-state index in [0.29, 0.717) is 0 Å². The minimum Gasteiger partial charge on any atom is -0.309 e. The zero-order chi connectivity index (χ0) is 34.9. The van der Waals surface area contributed by atoms with Crippen molar-refractivity contribution in [2.45, 2.75) is 0 Å². The van der Waals surface area contributed by atoms with E-state index in [9.17, 15) is 0 Å². The van der Waals surface area contributed by atoms with Crippen molar-refractivity contribution in [3.8, 4) is 16.8 Å². The maximum atomic E-state index is 2.43. The molecule has 0 aliphatic heterocycles. The molecule has 9 aromatic carbocycles. The van der Waals surface area contributed by atoms with Gasteiger partial charge in [-0.1, -0.05) is 133 Å². The van der Waals surface area contributed by atoms with E-state index < -0.39 is 0 Å². The highest BCUT2D eigenvalue weighted by molar-refractivity contribution is 7.26. The minimum absolute atomic E-state index is 1.13. The Morgan fingerprint density at radius 2 is 1.02 bits per heavy atom. The van der Waals surface area contributed by atoms with E-state index in [0.717, 1.165) is 11.4 Å². The highest BCUT2D eigenvalue weighted by Gasteiger charge is 2.19. The van der Waals surface area contributed by atoms with Crippen molar-refractivity contribution in [1.29, 1.82) is 0 Å². The SMILES string of the molecule is c1ccc2cc(N(c3ccc(-c4ccc5c(c4)c4ccccc4n5-c4cccc5ccccc45)cc3)c3cccc4c3sc3ccccc34)ccc2c1. The maximum absolute atomic E-state index is 2.43. The first-order valence-electron chi connectivity index (χ1n) is 18.1. The summed E-state index contributed by atoms with van der Waals surface area (Å²) in [5, 5.41) is 10.1. The van der Waals surface area contributed by atoms with Crippen molar-refractivity contribution >= 4 is 91.9 Å². The first-order valence-corrected chi connectivity index (χ1v) is 18.9. The first-order chi connectivity index (χ1) is 26.3. The molecule has 0 amide bonds. The van der Waals surface area contributed by atoms with Gasteiger partial charge in [0.15, 0.2) is 0 Å². The van der Waals surface area contributed by atoms with Gasteiger partial charge in [0.1, 0.15) is 0 Å². The van der Waals surface area contributed by atoms with Crippen LogP contribution < -0.4 is 4.90 Å². The quantitative estimate of drug-likeness (QED) is 0.174. The Labute approximate surface area is 311 Å². The van der Waals surface area contributed by atoms with Crippen molar-refractivity contribution < 1.29 is 0 Å². The highest BCUT2D eigenvalue weighted by Crippen LogP contribution is 2.45. The molecule has 2 aromatic heterocycles. The van der Waals surface area contributed by atoms with Gasteiger partial charge in [-0.15, -0.1) is 11.3 Å². The third-order valence-corrected chi connectivity index (χ3v) is 12.0. The van der Waals surface area contributed by atoms with Gasteiger partial charge in [-0.2, -0.15) is 0 Å². The molecular weight excluding hydrogens is 661 g/mol. The van der Waals surface area contributed by atoms with Gasteiger partial charge in [-0.3, -0.25) is 0 Å². The Kier molecular flexibility index (Phi) is 6.76. The normalized spacial score (nSPS) is 11.8. The smallest absolute Gasteiger partial charge is 0.0640 e. The van der Waals surface area contributed by atoms with Crippen molar-refractivity contribution in [1.82, 2.24) is 4.57 Å². The van der Waals surface area contributed by atoms with E-state index >= 15 is 0 Å². The predicted octanol–water partition coefficient (Wildman–Crippen LogP) is 14.6. The van der Waals surface area contributed by atoms with Crippen molar-refractivity contribution in [2.75, 3.05) is 4.90 Å². The van der Waals surface area contributed by atoms with Crippen LogP contribution in [0.25, 0.3) is 80.3 Å². The fourth-order valence-electron chi connectivity index (χ4n) is 8.27. The van der Waals surface area contributed by atoms with Crippen LogP contribution in [-0.4, -0.2) is 4.57 Å². The standard InChI is InChI=1S/C50H32N2S/c1-2-13-36-31-39(29-25-33(36)11-1)51(48-21-10-18-43-42-17-6-8-22-49(42)53-50(43)48)38-27-23-34(24-28-38)37-26-30-47-44(32-37)41-16-5-7-19-46(41)52(47)45-20-9-14-35-12-3-4-15-40(35)45/h1-32H. The molecule has 2 heterocycles. The molecule has 0 bridgehead atoms. The second-order valence-corrected chi connectivity index (χ2v) is 14.8. The van der Waals surface area contributed by atoms with Crippen LogP contribution in [0.3, 0.4) is 0 Å². The molecule has 11 aromatic rings. The third kappa shape index (κ3) is 4.78. The van der Waals surface area contributed by atoms with E-state index in [2.05, 4.69) is 204 Å². The largest absolute Gasteiger partial charge is 0.309 e. The Balaban J connectivity index is 1.06. The van der Waals surface area contributed by atoms with E-state index in [-0.39, 0.29) is 0 Å². The van der Waals surface area contributed by atoms with Gasteiger partial charge in [-0.05, 0) is 87.9 Å². The van der Waals surface area contributed by atoms with Crippen LogP contribution in [0.2, 0.25) is 0 Å². The van der Waals surface area contributed by atoms with Crippen LogP contribution in [0.15, 0.2) is 194 Å². The van der Waals surface area contributed by atoms with Gasteiger partial charge < -0.3 is 9.47 Å². The van der Waals surface area contributed by atoms with Crippen LogP contribution >= 0.6 is 11.3 Å². The Hall–Kier alpha value is -6.68. The highest BCUT2D eigenvalue weighted by atomic mass is 32.1. The van der Waals surface area contributed by atoms with Crippen molar-refractivity contribution in [3.63, 3.8) is 0 Å². The molecule has 0 saturated heterocycles. The van der Waals surface area contributed by atoms with Crippen LogP contribution in [0, 0.1) is 0 Å². The number of para-hydroxylation sites is 1. The number of hydrogen-bond donors (Lipinski definition) is 0. The summed E-state index contributed by atoms with van der Waals surface area (Å²) in [6.45, 7) is 0. The molecule has 0 fully saturated rings. The van der Waals surface area contributed by atoms with Crippen molar-refractivity contribution in [3.05, 3.63) is 194 Å². The molecule has 2 nitrogen and oxygen atoms in total. The number of fused-ring (bicyclic) bond motifs is 8. The summed E-state index contributed by atoms with van der Waals surface area (Å²) >= 11 is 1.87. The monoisotopic (exact) mass is 692 g/mol. The molecule has 0 spiro atoms. The molecule has 0 N–H and O–H groups in total. The molecule has 0 atom stereocenters. The summed E-state index contributed by atoms with van der Waals surface area (Å²) in [7, 11) is 0. The van der Waals surface area contributed by atoms with Gasteiger partial charge in [0.05, 0.1) is 27.1 Å². The summed E-state index contributed by atoms with van der Waals surface area (Å²) < 4.78 is 5.02. The topological polar surface area (TPSA) is 8.17 Å². The number of rotatable bonds is 5. The Morgan fingerprint density at radius 3 is 1.91 bits per heavy atom. The summed E-state index contributed by atoms with van der Waals surface area (Å²) in [5.41, 5.74) is 9.48. The van der Waals surface area contributed by atoms with Crippen LogP contribution in [0.1, 0.15) is 0 Å².